The average molecular weight is 244 g/mol. The molecule has 1 aromatic heterocycles. The number of nitrogens with two attached hydrogens (primary N) is 1. The van der Waals surface area contributed by atoms with Gasteiger partial charge in [0.05, 0.1) is 11.6 Å². The summed E-state index contributed by atoms with van der Waals surface area (Å²) < 4.78 is 0. The zero-order valence-electron chi connectivity index (χ0n) is 8.68. The molecular weight excluding hydrogens is 236 g/mol. The number of nitrogens with zero attached hydrogens (tertiary/aromatic N) is 2. The molecule has 0 fully saturated rings. The topological polar surface area (TPSA) is 95.6 Å². The van der Waals surface area contributed by atoms with E-state index in [9.17, 15) is 4.79 Å². The number of hydrogen-bond acceptors (Lipinski definition) is 5. The first-order chi connectivity index (χ1) is 8.19. The van der Waals surface area contributed by atoms with Crippen molar-refractivity contribution in [2.45, 2.75) is 10.1 Å². The van der Waals surface area contributed by atoms with Gasteiger partial charge in [-0.25, -0.2) is 4.98 Å². The van der Waals surface area contributed by atoms with Gasteiger partial charge in [0.2, 0.25) is 0 Å². The first-order valence-electron chi connectivity index (χ1n) is 4.72. The molecule has 0 saturated heterocycles. The summed E-state index contributed by atoms with van der Waals surface area (Å²) in [4.78, 5) is 18.4. The first-order valence-corrected chi connectivity index (χ1v) is 5.53. The molecule has 1 heterocycles. The third-order valence-electron chi connectivity index (χ3n) is 2.00. The Morgan fingerprint density at radius 2 is 2.24 bits per heavy atom. The number of hydrogen-bond donors (Lipinski definition) is 2. The number of nitrogen functional groups attached to an aromatic ring is 1. The van der Waals surface area contributed by atoms with Gasteiger partial charge < -0.3 is 10.7 Å². The molecule has 3 N–H and O–H groups in total. The molecule has 0 aliphatic rings. The standard InChI is InChI=1S/C11H8N4OS/c12-6-7-1-2-8(13)9(5-7)17-11-14-4-3-10(16)15-11/h1-5H,13H2,(H,14,15,16). The highest BCUT2D eigenvalue weighted by molar-refractivity contribution is 7.99. The van der Waals surface area contributed by atoms with Gasteiger partial charge in [-0.15, -0.1) is 0 Å². The maximum atomic E-state index is 11.1. The average Bonchev–Trinajstić information content (AvgIpc) is 2.32. The minimum Gasteiger partial charge on any atom is -0.398 e. The van der Waals surface area contributed by atoms with E-state index < -0.39 is 0 Å². The van der Waals surface area contributed by atoms with Crippen LogP contribution in [0.4, 0.5) is 5.69 Å². The van der Waals surface area contributed by atoms with Gasteiger partial charge in [-0.1, -0.05) is 0 Å². The van der Waals surface area contributed by atoms with Crippen LogP contribution >= 0.6 is 11.8 Å². The highest BCUT2D eigenvalue weighted by Gasteiger charge is 2.05. The molecule has 0 atom stereocenters. The van der Waals surface area contributed by atoms with Crippen molar-refractivity contribution in [2.75, 3.05) is 5.73 Å². The Morgan fingerprint density at radius 3 is 2.94 bits per heavy atom. The molecule has 0 aliphatic carbocycles. The molecule has 2 rings (SSSR count). The maximum Gasteiger partial charge on any atom is 0.251 e. The van der Waals surface area contributed by atoms with Crippen LogP contribution in [0.1, 0.15) is 5.56 Å². The molecule has 17 heavy (non-hydrogen) atoms. The largest absolute Gasteiger partial charge is 0.398 e. The minimum atomic E-state index is -0.225. The van der Waals surface area contributed by atoms with Gasteiger partial charge in [0.25, 0.3) is 5.56 Å². The van der Waals surface area contributed by atoms with Crippen LogP contribution in [0.3, 0.4) is 0 Å². The van der Waals surface area contributed by atoms with Crippen LogP contribution in [-0.2, 0) is 0 Å². The monoisotopic (exact) mass is 244 g/mol. The second-order valence-electron chi connectivity index (χ2n) is 3.21. The zero-order valence-corrected chi connectivity index (χ0v) is 9.49. The Balaban J connectivity index is 2.36. The number of H-pyrrole nitrogens is 1. The summed E-state index contributed by atoms with van der Waals surface area (Å²) >= 11 is 1.22. The first kappa shape index (κ1) is 11.2. The lowest BCUT2D eigenvalue weighted by Crippen LogP contribution is -2.05. The Morgan fingerprint density at radius 1 is 1.41 bits per heavy atom. The fourth-order valence-electron chi connectivity index (χ4n) is 1.20. The number of anilines is 1. The minimum absolute atomic E-state index is 0.225. The van der Waals surface area contributed by atoms with Gasteiger partial charge >= 0.3 is 0 Å². The highest BCUT2D eigenvalue weighted by Crippen LogP contribution is 2.29. The number of aromatic amines is 1. The maximum absolute atomic E-state index is 11.1. The molecule has 84 valence electrons. The normalized spacial score (nSPS) is 9.82. The Labute approximate surface area is 101 Å². The van der Waals surface area contributed by atoms with E-state index in [-0.39, 0.29) is 5.56 Å². The van der Waals surface area contributed by atoms with Crippen molar-refractivity contribution in [1.29, 1.82) is 5.26 Å². The predicted octanol–water partition coefficient (Wildman–Crippen LogP) is 1.37. The molecule has 0 bridgehead atoms. The third kappa shape index (κ3) is 2.65. The van der Waals surface area contributed by atoms with E-state index in [1.807, 2.05) is 6.07 Å². The molecule has 0 radical (unpaired) electrons. The van der Waals surface area contributed by atoms with Crippen molar-refractivity contribution in [3.63, 3.8) is 0 Å². The van der Waals surface area contributed by atoms with E-state index in [1.165, 1.54) is 24.0 Å². The fraction of sp³-hybridized carbons (Fsp3) is 0. The molecule has 0 saturated carbocycles. The molecule has 0 amide bonds. The zero-order chi connectivity index (χ0) is 12.3. The Hall–Kier alpha value is -2.26. The summed E-state index contributed by atoms with van der Waals surface area (Å²) in [6.45, 7) is 0. The molecule has 5 nitrogen and oxygen atoms in total. The number of nitrogens with one attached hydrogen (secondary N) is 1. The van der Waals surface area contributed by atoms with E-state index in [0.29, 0.717) is 21.3 Å². The van der Waals surface area contributed by atoms with Crippen LogP contribution in [0.25, 0.3) is 0 Å². The summed E-state index contributed by atoms with van der Waals surface area (Å²) in [5, 5.41) is 9.23. The van der Waals surface area contributed by atoms with Gasteiger partial charge in [-0.2, -0.15) is 5.26 Å². The van der Waals surface area contributed by atoms with Crippen molar-refractivity contribution >= 4 is 17.4 Å². The van der Waals surface area contributed by atoms with Crippen molar-refractivity contribution in [1.82, 2.24) is 9.97 Å². The van der Waals surface area contributed by atoms with Gasteiger partial charge in [0.15, 0.2) is 5.16 Å². The summed E-state index contributed by atoms with van der Waals surface area (Å²) in [5.74, 6) is 0. The van der Waals surface area contributed by atoms with Gasteiger partial charge in [0, 0.05) is 22.8 Å². The SMILES string of the molecule is N#Cc1ccc(N)c(Sc2nccc(=O)[nH]2)c1. The van der Waals surface area contributed by atoms with Gasteiger partial charge in [0.1, 0.15) is 0 Å². The number of aromatic nitrogens is 2. The summed E-state index contributed by atoms with van der Waals surface area (Å²) in [6, 6.07) is 8.32. The molecule has 0 unspecified atom stereocenters. The van der Waals surface area contributed by atoms with Crippen molar-refractivity contribution < 1.29 is 0 Å². The van der Waals surface area contributed by atoms with Crippen LogP contribution in [0.2, 0.25) is 0 Å². The van der Waals surface area contributed by atoms with Crippen molar-refractivity contribution in [3.8, 4) is 6.07 Å². The van der Waals surface area contributed by atoms with E-state index in [4.69, 9.17) is 11.0 Å². The van der Waals surface area contributed by atoms with Crippen LogP contribution in [0, 0.1) is 11.3 Å². The lowest BCUT2D eigenvalue weighted by atomic mass is 10.2. The molecule has 2 aromatic rings. The van der Waals surface area contributed by atoms with Gasteiger partial charge in [-0.3, -0.25) is 4.79 Å². The molecular formula is C11H8N4OS. The van der Waals surface area contributed by atoms with E-state index in [1.54, 1.807) is 18.2 Å². The van der Waals surface area contributed by atoms with E-state index in [0.717, 1.165) is 0 Å². The van der Waals surface area contributed by atoms with Crippen molar-refractivity contribution in [2.24, 2.45) is 0 Å². The van der Waals surface area contributed by atoms with Crippen LogP contribution in [-0.4, -0.2) is 9.97 Å². The number of rotatable bonds is 2. The smallest absolute Gasteiger partial charge is 0.251 e. The second-order valence-corrected chi connectivity index (χ2v) is 4.24. The van der Waals surface area contributed by atoms with Gasteiger partial charge in [-0.05, 0) is 30.0 Å². The summed E-state index contributed by atoms with van der Waals surface area (Å²) in [5.41, 5.74) is 6.61. The second kappa shape index (κ2) is 4.72. The third-order valence-corrected chi connectivity index (χ3v) is 2.97. The summed E-state index contributed by atoms with van der Waals surface area (Å²) in [6.07, 6.45) is 1.42. The van der Waals surface area contributed by atoms with E-state index >= 15 is 0 Å². The Kier molecular flexibility index (Phi) is 3.12. The van der Waals surface area contributed by atoms with Crippen LogP contribution in [0.5, 0.6) is 0 Å². The number of benzene rings is 1. The molecule has 0 aliphatic heterocycles. The molecule has 6 heteroatoms. The quantitative estimate of drug-likeness (QED) is 0.614. The van der Waals surface area contributed by atoms with Crippen molar-refractivity contribution in [3.05, 3.63) is 46.4 Å². The Bertz CT molecular complexity index is 644. The fourth-order valence-corrected chi connectivity index (χ4v) is 2.05. The van der Waals surface area contributed by atoms with E-state index in [2.05, 4.69) is 9.97 Å². The predicted molar refractivity (Wildman–Crippen MR) is 64.6 cm³/mol. The molecule has 0 spiro atoms. The molecule has 1 aromatic carbocycles. The summed E-state index contributed by atoms with van der Waals surface area (Å²) in [7, 11) is 0. The lowest BCUT2D eigenvalue weighted by Gasteiger charge is -2.04. The van der Waals surface area contributed by atoms with Crippen LogP contribution in [0.15, 0.2) is 45.3 Å². The highest BCUT2D eigenvalue weighted by atomic mass is 32.2. The lowest BCUT2D eigenvalue weighted by molar-refractivity contribution is 0.937. The van der Waals surface area contributed by atoms with Crippen LogP contribution < -0.4 is 11.3 Å². The number of nitriles is 1.